The number of benzene rings is 2. The third kappa shape index (κ3) is 3.79. The van der Waals surface area contributed by atoms with Gasteiger partial charge in [-0.05, 0) is 91.7 Å². The second-order valence-corrected chi connectivity index (χ2v) is 10.6. The van der Waals surface area contributed by atoms with E-state index in [4.69, 9.17) is 4.74 Å². The Bertz CT molecular complexity index is 1350. The summed E-state index contributed by atoms with van der Waals surface area (Å²) >= 11 is 1.05. The van der Waals surface area contributed by atoms with Gasteiger partial charge in [-0.3, -0.25) is 5.10 Å². The molecule has 2 aromatic carbocycles. The minimum Gasteiger partial charge on any atom is -0.473 e. The van der Waals surface area contributed by atoms with Crippen LogP contribution in [0, 0.1) is 5.82 Å². The van der Waals surface area contributed by atoms with Crippen molar-refractivity contribution in [2.45, 2.75) is 49.2 Å². The molecule has 1 aliphatic carbocycles. The van der Waals surface area contributed by atoms with Gasteiger partial charge in [0.05, 0.1) is 23.8 Å². The molecule has 0 amide bonds. The molecule has 2 aliphatic rings. The van der Waals surface area contributed by atoms with Gasteiger partial charge < -0.3 is 14.4 Å². The first-order valence-corrected chi connectivity index (χ1v) is 12.7. The van der Waals surface area contributed by atoms with Gasteiger partial charge in [0.15, 0.2) is 0 Å². The topological polar surface area (TPSA) is 80.1 Å². The summed E-state index contributed by atoms with van der Waals surface area (Å²) < 4.78 is 21.9. The Hall–Kier alpha value is -2.84. The van der Waals surface area contributed by atoms with Crippen molar-refractivity contribution in [1.82, 2.24) is 14.8 Å². The van der Waals surface area contributed by atoms with Crippen LogP contribution in [0.1, 0.15) is 55.2 Å². The lowest BCUT2D eigenvalue weighted by Gasteiger charge is -2.29. The van der Waals surface area contributed by atoms with Crippen molar-refractivity contribution in [3.05, 3.63) is 59.7 Å². The molecule has 0 bridgehead atoms. The van der Waals surface area contributed by atoms with Crippen LogP contribution in [-0.2, 0) is 4.74 Å². The van der Waals surface area contributed by atoms with Crippen LogP contribution in [0.3, 0.4) is 0 Å². The summed E-state index contributed by atoms with van der Waals surface area (Å²) in [5.74, 6) is 0.346. The first-order chi connectivity index (χ1) is 16.6. The SMILES string of the molecule is O=C(O)SC1CCC(c2c(C3CCOC3)n(-c3ccc(F)cc3)c3cc4cn[nH]c4cc23)CC1. The van der Waals surface area contributed by atoms with Crippen molar-refractivity contribution in [1.29, 1.82) is 0 Å². The van der Waals surface area contributed by atoms with Crippen molar-refractivity contribution in [2.75, 3.05) is 13.2 Å². The van der Waals surface area contributed by atoms with Gasteiger partial charge in [-0.1, -0.05) is 0 Å². The van der Waals surface area contributed by atoms with E-state index in [0.717, 1.165) is 72.6 Å². The molecule has 8 heteroatoms. The third-order valence-electron chi connectivity index (χ3n) is 7.36. The summed E-state index contributed by atoms with van der Waals surface area (Å²) in [6, 6.07) is 11.1. The summed E-state index contributed by atoms with van der Waals surface area (Å²) in [4.78, 5) is 11.2. The zero-order chi connectivity index (χ0) is 23.2. The number of aromatic nitrogens is 3. The van der Waals surface area contributed by atoms with Gasteiger partial charge in [0.2, 0.25) is 0 Å². The number of carbonyl (C=O) groups is 1. The molecule has 1 unspecified atom stereocenters. The van der Waals surface area contributed by atoms with Crippen LogP contribution in [-0.4, -0.2) is 43.6 Å². The van der Waals surface area contributed by atoms with Crippen molar-refractivity contribution in [2.24, 2.45) is 0 Å². The molecule has 6 rings (SSSR count). The van der Waals surface area contributed by atoms with Crippen molar-refractivity contribution < 1.29 is 19.0 Å². The fourth-order valence-corrected chi connectivity index (χ4v) is 6.62. The number of fused-ring (bicyclic) bond motifs is 2. The van der Waals surface area contributed by atoms with E-state index >= 15 is 0 Å². The zero-order valence-electron chi connectivity index (χ0n) is 18.7. The lowest BCUT2D eigenvalue weighted by atomic mass is 9.80. The van der Waals surface area contributed by atoms with Crippen LogP contribution in [0.4, 0.5) is 9.18 Å². The molecule has 2 fully saturated rings. The second kappa shape index (κ2) is 8.74. The molecule has 1 aliphatic heterocycles. The summed E-state index contributed by atoms with van der Waals surface area (Å²) in [5.41, 5.74) is 5.63. The highest BCUT2D eigenvalue weighted by Crippen LogP contribution is 2.47. The van der Waals surface area contributed by atoms with Crippen LogP contribution in [0.5, 0.6) is 0 Å². The average molecular weight is 480 g/mol. The van der Waals surface area contributed by atoms with Crippen LogP contribution < -0.4 is 0 Å². The van der Waals surface area contributed by atoms with Crippen LogP contribution in [0.15, 0.2) is 42.6 Å². The molecule has 1 atom stereocenters. The molecule has 0 spiro atoms. The minimum atomic E-state index is -0.790. The smallest absolute Gasteiger partial charge is 0.365 e. The maximum atomic E-state index is 13.8. The van der Waals surface area contributed by atoms with E-state index in [0.29, 0.717) is 12.5 Å². The number of ether oxygens (including phenoxy) is 1. The van der Waals surface area contributed by atoms with E-state index in [1.165, 1.54) is 28.8 Å². The number of hydrogen-bond donors (Lipinski definition) is 2. The Morgan fingerprint density at radius 2 is 1.91 bits per heavy atom. The van der Waals surface area contributed by atoms with Crippen molar-refractivity contribution >= 4 is 38.9 Å². The Kier molecular flexibility index (Phi) is 5.57. The van der Waals surface area contributed by atoms with Gasteiger partial charge in [-0.15, -0.1) is 0 Å². The van der Waals surface area contributed by atoms with E-state index in [9.17, 15) is 14.3 Å². The zero-order valence-corrected chi connectivity index (χ0v) is 19.5. The number of hydrogen-bond acceptors (Lipinski definition) is 4. The van der Waals surface area contributed by atoms with Gasteiger partial charge in [-0.2, -0.15) is 5.10 Å². The lowest BCUT2D eigenvalue weighted by molar-refractivity contribution is 0.193. The van der Waals surface area contributed by atoms with Crippen molar-refractivity contribution in [3.8, 4) is 5.69 Å². The average Bonchev–Trinajstić information content (AvgIpc) is 3.57. The highest BCUT2D eigenvalue weighted by molar-refractivity contribution is 8.13. The lowest BCUT2D eigenvalue weighted by Crippen LogP contribution is -2.18. The third-order valence-corrected chi connectivity index (χ3v) is 8.36. The maximum absolute atomic E-state index is 13.8. The van der Waals surface area contributed by atoms with Gasteiger partial charge >= 0.3 is 5.30 Å². The summed E-state index contributed by atoms with van der Waals surface area (Å²) in [7, 11) is 0. The first-order valence-electron chi connectivity index (χ1n) is 11.8. The van der Waals surface area contributed by atoms with Crippen molar-refractivity contribution in [3.63, 3.8) is 0 Å². The second-order valence-electron chi connectivity index (χ2n) is 9.36. The Balaban J connectivity index is 1.56. The standard InChI is InChI=1S/C26H26FN3O3S/c27-18-3-5-19(6-4-18)30-23-11-17-13-28-29-22(17)12-21(23)24(25(30)16-9-10-33-14-16)15-1-7-20(8-2-15)34-26(31)32/h3-6,11-13,15-16,20H,1-2,7-10,14H2,(H,28,29)(H,31,32). The molecule has 2 N–H and O–H groups in total. The number of H-pyrrole nitrogens is 1. The van der Waals surface area contributed by atoms with Gasteiger partial charge in [-0.25, -0.2) is 9.18 Å². The number of halogens is 1. The monoisotopic (exact) mass is 479 g/mol. The van der Waals surface area contributed by atoms with E-state index in [1.807, 2.05) is 18.3 Å². The van der Waals surface area contributed by atoms with Gasteiger partial charge in [0.25, 0.3) is 0 Å². The number of rotatable bonds is 4. The van der Waals surface area contributed by atoms with Gasteiger partial charge in [0.1, 0.15) is 5.82 Å². The number of aromatic amines is 1. The molecule has 0 radical (unpaired) electrons. The highest BCUT2D eigenvalue weighted by atomic mass is 32.2. The minimum absolute atomic E-state index is 0.164. The van der Waals surface area contributed by atoms with E-state index in [2.05, 4.69) is 26.9 Å². The van der Waals surface area contributed by atoms with Crippen LogP contribution in [0.2, 0.25) is 0 Å². The fraction of sp³-hybridized carbons (Fsp3) is 0.385. The number of carboxylic acid groups (broad SMARTS) is 1. The summed E-state index contributed by atoms with van der Waals surface area (Å²) in [5, 5.41) is 18.2. The molecular formula is C26H26FN3O3S. The fourth-order valence-electron chi connectivity index (χ4n) is 5.83. The summed E-state index contributed by atoms with van der Waals surface area (Å²) in [6.07, 6.45) is 6.47. The molecular weight excluding hydrogens is 453 g/mol. The number of nitrogens with zero attached hydrogens (tertiary/aromatic N) is 2. The Morgan fingerprint density at radius 1 is 1.12 bits per heavy atom. The highest BCUT2D eigenvalue weighted by Gasteiger charge is 2.34. The van der Waals surface area contributed by atoms with Crippen LogP contribution >= 0.6 is 11.8 Å². The molecule has 3 heterocycles. The molecule has 176 valence electrons. The predicted octanol–water partition coefficient (Wildman–Crippen LogP) is 6.59. The number of nitrogens with one attached hydrogen (secondary N) is 1. The number of thioether (sulfide) groups is 1. The Labute approximate surface area is 200 Å². The largest absolute Gasteiger partial charge is 0.473 e. The molecule has 2 aromatic heterocycles. The molecule has 6 nitrogen and oxygen atoms in total. The first kappa shape index (κ1) is 21.7. The predicted molar refractivity (Wildman–Crippen MR) is 132 cm³/mol. The molecule has 34 heavy (non-hydrogen) atoms. The normalized spacial score (nSPS) is 23.1. The van der Waals surface area contributed by atoms with Gasteiger partial charge in [0, 0.05) is 39.9 Å². The quantitative estimate of drug-likeness (QED) is 0.345. The summed E-state index contributed by atoms with van der Waals surface area (Å²) in [6.45, 7) is 1.41. The Morgan fingerprint density at radius 3 is 2.62 bits per heavy atom. The molecule has 1 saturated carbocycles. The van der Waals surface area contributed by atoms with E-state index in [-0.39, 0.29) is 17.0 Å². The van der Waals surface area contributed by atoms with E-state index < -0.39 is 5.30 Å². The molecule has 1 saturated heterocycles. The van der Waals surface area contributed by atoms with E-state index in [1.54, 1.807) is 0 Å². The van der Waals surface area contributed by atoms with Crippen LogP contribution in [0.25, 0.3) is 27.5 Å². The maximum Gasteiger partial charge on any atom is 0.365 e. The molecule has 4 aromatic rings.